The van der Waals surface area contributed by atoms with Crippen LogP contribution in [0.3, 0.4) is 0 Å². The molecule has 0 aliphatic rings. The van der Waals surface area contributed by atoms with E-state index in [1.54, 1.807) is 0 Å². The van der Waals surface area contributed by atoms with Crippen molar-refractivity contribution in [3.63, 3.8) is 0 Å². The fourth-order valence-corrected chi connectivity index (χ4v) is 2.88. The van der Waals surface area contributed by atoms with Crippen LogP contribution in [-0.2, 0) is 5.75 Å². The summed E-state index contributed by atoms with van der Waals surface area (Å²) in [6, 6.07) is 4.01. The van der Waals surface area contributed by atoms with Crippen LogP contribution in [-0.4, -0.2) is 38.2 Å². The van der Waals surface area contributed by atoms with Crippen LogP contribution in [0.5, 0.6) is 0 Å². The number of nitrogens with one attached hydrogen (secondary N) is 2. The number of aromatic amines is 1. The summed E-state index contributed by atoms with van der Waals surface area (Å²) in [6.45, 7) is 0.208. The minimum absolute atomic E-state index is 0.0773. The number of aromatic nitrogens is 4. The van der Waals surface area contributed by atoms with Gasteiger partial charge in [0.05, 0.1) is 6.61 Å². The van der Waals surface area contributed by atoms with Gasteiger partial charge in [0.1, 0.15) is 5.52 Å². The molecule has 0 fully saturated rings. The first kappa shape index (κ1) is 16.4. The van der Waals surface area contributed by atoms with Crippen molar-refractivity contribution >= 4 is 34.7 Å². The topological polar surface area (TPSA) is 113 Å². The van der Waals surface area contributed by atoms with E-state index in [-0.39, 0.29) is 30.4 Å². The maximum absolute atomic E-state index is 13.7. The number of hydrogen-bond donors (Lipinski definition) is 4. The summed E-state index contributed by atoms with van der Waals surface area (Å²) < 4.78 is 26.9. The van der Waals surface area contributed by atoms with E-state index in [0.717, 1.165) is 17.8 Å². The lowest BCUT2D eigenvalue weighted by Crippen LogP contribution is -2.08. The van der Waals surface area contributed by atoms with Crippen molar-refractivity contribution in [2.24, 2.45) is 0 Å². The molecule has 0 atom stereocenters. The standard InChI is InChI=1S/C14H14F2N6OS/c15-8-3-1-2-7(9(8)16)6-24-14-21-11(18-4-5-23)10-12(22-14)20-13(17)19-10/h1-3,23H,4-6H2,(H4,17,18,19,20,21,22). The summed E-state index contributed by atoms with van der Waals surface area (Å²) in [6.07, 6.45) is 0. The van der Waals surface area contributed by atoms with E-state index in [0.29, 0.717) is 22.1 Å². The van der Waals surface area contributed by atoms with Crippen molar-refractivity contribution in [2.45, 2.75) is 10.9 Å². The predicted molar refractivity (Wildman–Crippen MR) is 87.6 cm³/mol. The first-order chi connectivity index (χ1) is 11.6. The second-order valence-electron chi connectivity index (χ2n) is 4.83. The van der Waals surface area contributed by atoms with Crippen molar-refractivity contribution in [1.29, 1.82) is 0 Å². The highest BCUT2D eigenvalue weighted by atomic mass is 32.2. The van der Waals surface area contributed by atoms with Gasteiger partial charge in [0.15, 0.2) is 34.2 Å². The minimum Gasteiger partial charge on any atom is -0.395 e. The molecule has 0 unspecified atom stereocenters. The number of halogens is 2. The first-order valence-corrected chi connectivity index (χ1v) is 8.00. The zero-order chi connectivity index (χ0) is 17.1. The number of hydrogen-bond acceptors (Lipinski definition) is 7. The van der Waals surface area contributed by atoms with Crippen molar-refractivity contribution in [3.8, 4) is 0 Å². The second-order valence-corrected chi connectivity index (χ2v) is 5.77. The van der Waals surface area contributed by atoms with Crippen LogP contribution in [0.15, 0.2) is 23.4 Å². The Morgan fingerprint density at radius 3 is 2.88 bits per heavy atom. The van der Waals surface area contributed by atoms with Gasteiger partial charge in [-0.2, -0.15) is 4.98 Å². The SMILES string of the molecule is Nc1nc2nc(SCc3cccc(F)c3F)nc(NCCO)c2[nH]1. The van der Waals surface area contributed by atoms with Gasteiger partial charge in [-0.1, -0.05) is 23.9 Å². The maximum Gasteiger partial charge on any atom is 0.200 e. The summed E-state index contributed by atoms with van der Waals surface area (Å²) in [5, 5.41) is 12.2. The van der Waals surface area contributed by atoms with Gasteiger partial charge in [-0.25, -0.2) is 18.7 Å². The largest absolute Gasteiger partial charge is 0.395 e. The number of nitrogen functional groups attached to an aromatic ring is 1. The van der Waals surface area contributed by atoms with E-state index in [1.165, 1.54) is 12.1 Å². The quantitative estimate of drug-likeness (QED) is 0.396. The lowest BCUT2D eigenvalue weighted by Gasteiger charge is -2.07. The molecule has 5 N–H and O–H groups in total. The van der Waals surface area contributed by atoms with Gasteiger partial charge in [-0.15, -0.1) is 0 Å². The monoisotopic (exact) mass is 352 g/mol. The molecule has 7 nitrogen and oxygen atoms in total. The molecule has 0 saturated carbocycles. The lowest BCUT2D eigenvalue weighted by atomic mass is 10.2. The molecule has 0 amide bonds. The Morgan fingerprint density at radius 2 is 2.08 bits per heavy atom. The Labute approximate surface area is 139 Å². The smallest absolute Gasteiger partial charge is 0.200 e. The van der Waals surface area contributed by atoms with Crippen molar-refractivity contribution in [2.75, 3.05) is 24.2 Å². The molecule has 0 radical (unpaired) electrons. The normalized spacial score (nSPS) is 11.1. The van der Waals surface area contributed by atoms with Gasteiger partial charge < -0.3 is 21.1 Å². The van der Waals surface area contributed by atoms with Gasteiger partial charge in [0.25, 0.3) is 0 Å². The van der Waals surface area contributed by atoms with Gasteiger partial charge in [-0.3, -0.25) is 0 Å². The van der Waals surface area contributed by atoms with Crippen LogP contribution >= 0.6 is 11.8 Å². The molecular weight excluding hydrogens is 338 g/mol. The van der Waals surface area contributed by atoms with Crippen LogP contribution in [0.1, 0.15) is 5.56 Å². The number of anilines is 2. The van der Waals surface area contributed by atoms with Crippen molar-refractivity contribution in [1.82, 2.24) is 19.9 Å². The van der Waals surface area contributed by atoms with Crippen LogP contribution in [0.4, 0.5) is 20.5 Å². The molecule has 2 heterocycles. The number of nitrogens with zero attached hydrogens (tertiary/aromatic N) is 3. The highest BCUT2D eigenvalue weighted by Crippen LogP contribution is 2.26. The fraction of sp³-hybridized carbons (Fsp3) is 0.214. The number of benzene rings is 1. The van der Waals surface area contributed by atoms with Crippen LogP contribution in [0.25, 0.3) is 11.2 Å². The molecule has 0 aliphatic carbocycles. The Kier molecular flexibility index (Phi) is 4.76. The number of rotatable bonds is 6. The molecule has 0 saturated heterocycles. The zero-order valence-corrected chi connectivity index (χ0v) is 13.2. The number of thioether (sulfide) groups is 1. The number of H-pyrrole nitrogens is 1. The molecule has 126 valence electrons. The highest BCUT2D eigenvalue weighted by Gasteiger charge is 2.14. The molecule has 0 bridgehead atoms. The Hall–Kier alpha value is -2.46. The summed E-state index contributed by atoms with van der Waals surface area (Å²) in [5.74, 6) is -0.997. The summed E-state index contributed by atoms with van der Waals surface area (Å²) >= 11 is 1.14. The van der Waals surface area contributed by atoms with E-state index >= 15 is 0 Å². The highest BCUT2D eigenvalue weighted by molar-refractivity contribution is 7.98. The summed E-state index contributed by atoms with van der Waals surface area (Å²) in [5.41, 5.74) is 6.72. The average molecular weight is 352 g/mol. The first-order valence-electron chi connectivity index (χ1n) is 7.02. The van der Waals surface area contributed by atoms with Crippen LogP contribution in [0, 0.1) is 11.6 Å². The van der Waals surface area contributed by atoms with E-state index in [4.69, 9.17) is 10.8 Å². The third-order valence-electron chi connectivity index (χ3n) is 3.14. The molecule has 0 aliphatic heterocycles. The Balaban J connectivity index is 1.87. The number of imidazole rings is 1. The van der Waals surface area contributed by atoms with Crippen molar-refractivity contribution in [3.05, 3.63) is 35.4 Å². The van der Waals surface area contributed by atoms with Crippen molar-refractivity contribution < 1.29 is 13.9 Å². The summed E-state index contributed by atoms with van der Waals surface area (Å²) in [4.78, 5) is 15.4. The molecule has 2 aromatic heterocycles. The maximum atomic E-state index is 13.7. The Morgan fingerprint density at radius 1 is 1.25 bits per heavy atom. The number of aliphatic hydroxyl groups excluding tert-OH is 1. The second kappa shape index (κ2) is 6.97. The predicted octanol–water partition coefficient (Wildman–Crippen LogP) is 1.91. The average Bonchev–Trinajstić information content (AvgIpc) is 2.94. The third kappa shape index (κ3) is 3.39. The van der Waals surface area contributed by atoms with Gasteiger partial charge in [0.2, 0.25) is 0 Å². The molecule has 0 spiro atoms. The molecule has 24 heavy (non-hydrogen) atoms. The molecule has 3 rings (SSSR count). The number of nitrogens with two attached hydrogens (primary N) is 1. The molecule has 1 aromatic carbocycles. The van der Waals surface area contributed by atoms with E-state index in [2.05, 4.69) is 25.3 Å². The summed E-state index contributed by atoms with van der Waals surface area (Å²) in [7, 11) is 0. The number of fused-ring (bicyclic) bond motifs is 1. The zero-order valence-electron chi connectivity index (χ0n) is 12.4. The lowest BCUT2D eigenvalue weighted by molar-refractivity contribution is 0.311. The van der Waals surface area contributed by atoms with E-state index < -0.39 is 11.6 Å². The van der Waals surface area contributed by atoms with Gasteiger partial charge >= 0.3 is 0 Å². The molecule has 10 heteroatoms. The third-order valence-corrected chi connectivity index (χ3v) is 4.04. The van der Waals surface area contributed by atoms with E-state index in [9.17, 15) is 8.78 Å². The van der Waals surface area contributed by atoms with Gasteiger partial charge in [-0.05, 0) is 6.07 Å². The molecular formula is C14H14F2N6OS. The van der Waals surface area contributed by atoms with Gasteiger partial charge in [0, 0.05) is 17.9 Å². The fourth-order valence-electron chi connectivity index (χ4n) is 2.06. The number of aliphatic hydroxyl groups is 1. The van der Waals surface area contributed by atoms with E-state index in [1.807, 2.05) is 0 Å². The van der Waals surface area contributed by atoms with Crippen LogP contribution < -0.4 is 11.1 Å². The van der Waals surface area contributed by atoms with Crippen LogP contribution in [0.2, 0.25) is 0 Å². The molecule has 3 aromatic rings. The Bertz CT molecular complexity index is 872. The minimum atomic E-state index is -0.894.